The highest BCUT2D eigenvalue weighted by molar-refractivity contribution is 5.93. The number of rotatable bonds is 8. The van der Waals surface area contributed by atoms with Crippen LogP contribution in [0.4, 0.5) is 5.69 Å². The number of benzene rings is 1. The Balaban J connectivity index is 1.86. The Morgan fingerprint density at radius 1 is 1.14 bits per heavy atom. The fraction of sp³-hybridized carbons (Fsp3) is 0.333. The number of carbonyl (C=O) groups is 1. The standard InChI is InChI=1S/C18H23N3O/c1-2-3-7-11-19-16-10-12-20-17(13-16)18(22)21-14-15-8-5-4-6-9-15/h4-6,8-10,12-13H,2-3,7,11,14H2,1H3,(H,19,20)(H,21,22). The molecule has 1 heterocycles. The third-order valence-electron chi connectivity index (χ3n) is 3.40. The Morgan fingerprint density at radius 2 is 1.95 bits per heavy atom. The lowest BCUT2D eigenvalue weighted by Crippen LogP contribution is -2.23. The van der Waals surface area contributed by atoms with Gasteiger partial charge in [-0.1, -0.05) is 50.1 Å². The second-order valence-corrected chi connectivity index (χ2v) is 5.23. The number of nitrogens with one attached hydrogen (secondary N) is 2. The third kappa shape index (κ3) is 5.20. The van der Waals surface area contributed by atoms with Crippen molar-refractivity contribution in [2.45, 2.75) is 32.7 Å². The molecule has 0 saturated heterocycles. The molecule has 0 saturated carbocycles. The zero-order valence-electron chi connectivity index (χ0n) is 13.0. The average molecular weight is 297 g/mol. The SMILES string of the molecule is CCCCCNc1ccnc(C(=O)NCc2ccccc2)c1. The topological polar surface area (TPSA) is 54.0 Å². The van der Waals surface area contributed by atoms with Crippen LogP contribution in [0.15, 0.2) is 48.7 Å². The van der Waals surface area contributed by atoms with E-state index in [2.05, 4.69) is 22.5 Å². The van der Waals surface area contributed by atoms with Crippen molar-refractivity contribution >= 4 is 11.6 Å². The van der Waals surface area contributed by atoms with Crippen LogP contribution in [0.1, 0.15) is 42.2 Å². The van der Waals surface area contributed by atoms with Gasteiger partial charge in [0.05, 0.1) is 0 Å². The van der Waals surface area contributed by atoms with Gasteiger partial charge in [0.1, 0.15) is 5.69 Å². The highest BCUT2D eigenvalue weighted by Gasteiger charge is 2.07. The van der Waals surface area contributed by atoms with Crippen LogP contribution in [0.2, 0.25) is 0 Å². The molecule has 2 N–H and O–H groups in total. The number of nitrogens with zero attached hydrogens (tertiary/aromatic N) is 1. The average Bonchev–Trinajstić information content (AvgIpc) is 2.58. The predicted octanol–water partition coefficient (Wildman–Crippen LogP) is 3.61. The number of hydrogen-bond acceptors (Lipinski definition) is 3. The maximum absolute atomic E-state index is 12.1. The van der Waals surface area contributed by atoms with Gasteiger partial charge in [-0.3, -0.25) is 9.78 Å². The summed E-state index contributed by atoms with van der Waals surface area (Å²) in [6.07, 6.45) is 5.21. The van der Waals surface area contributed by atoms with Crippen LogP contribution in [0.25, 0.3) is 0 Å². The third-order valence-corrected chi connectivity index (χ3v) is 3.40. The first kappa shape index (κ1) is 16.0. The van der Waals surface area contributed by atoms with Gasteiger partial charge in [0.25, 0.3) is 5.91 Å². The molecular formula is C18H23N3O. The Hall–Kier alpha value is -2.36. The van der Waals surface area contributed by atoms with Crippen LogP contribution in [0.3, 0.4) is 0 Å². The largest absolute Gasteiger partial charge is 0.385 e. The van der Waals surface area contributed by atoms with Crippen LogP contribution in [-0.4, -0.2) is 17.4 Å². The number of pyridine rings is 1. The molecule has 0 aliphatic heterocycles. The Labute approximate surface area is 132 Å². The predicted molar refractivity (Wildman–Crippen MR) is 89.9 cm³/mol. The van der Waals surface area contributed by atoms with Crippen molar-refractivity contribution in [3.05, 3.63) is 59.9 Å². The van der Waals surface area contributed by atoms with Gasteiger partial charge in [-0.25, -0.2) is 0 Å². The summed E-state index contributed by atoms with van der Waals surface area (Å²) in [4.78, 5) is 16.3. The maximum atomic E-state index is 12.1. The van der Waals surface area contributed by atoms with E-state index >= 15 is 0 Å². The Bertz CT molecular complexity index is 584. The summed E-state index contributed by atoms with van der Waals surface area (Å²) < 4.78 is 0. The zero-order valence-corrected chi connectivity index (χ0v) is 13.0. The molecule has 0 atom stereocenters. The summed E-state index contributed by atoms with van der Waals surface area (Å²) in [7, 11) is 0. The summed E-state index contributed by atoms with van der Waals surface area (Å²) in [6, 6.07) is 13.5. The molecule has 0 unspecified atom stereocenters. The van der Waals surface area contributed by atoms with Crippen molar-refractivity contribution in [2.75, 3.05) is 11.9 Å². The van der Waals surface area contributed by atoms with Gasteiger partial charge in [0.15, 0.2) is 0 Å². The van der Waals surface area contributed by atoms with Crippen LogP contribution in [-0.2, 0) is 6.54 Å². The van der Waals surface area contributed by atoms with Gasteiger partial charge in [-0.05, 0) is 24.1 Å². The highest BCUT2D eigenvalue weighted by Crippen LogP contribution is 2.09. The summed E-state index contributed by atoms with van der Waals surface area (Å²) in [6.45, 7) is 3.61. The molecule has 1 aromatic carbocycles. The first-order valence-electron chi connectivity index (χ1n) is 7.81. The van der Waals surface area contributed by atoms with E-state index in [4.69, 9.17) is 0 Å². The van der Waals surface area contributed by atoms with Crippen LogP contribution in [0, 0.1) is 0 Å². The maximum Gasteiger partial charge on any atom is 0.270 e. The molecule has 0 bridgehead atoms. The molecule has 4 heteroatoms. The van der Waals surface area contributed by atoms with Crippen LogP contribution in [0.5, 0.6) is 0 Å². The molecule has 1 amide bonds. The monoisotopic (exact) mass is 297 g/mol. The number of anilines is 1. The van der Waals surface area contributed by atoms with Crippen LogP contribution >= 0.6 is 0 Å². The molecule has 22 heavy (non-hydrogen) atoms. The summed E-state index contributed by atoms with van der Waals surface area (Å²) in [5.41, 5.74) is 2.46. The number of carbonyl (C=O) groups excluding carboxylic acids is 1. The van der Waals surface area contributed by atoms with Gasteiger partial charge < -0.3 is 10.6 Å². The molecule has 116 valence electrons. The smallest absolute Gasteiger partial charge is 0.270 e. The Morgan fingerprint density at radius 3 is 2.73 bits per heavy atom. The van der Waals surface area contributed by atoms with E-state index in [-0.39, 0.29) is 5.91 Å². The fourth-order valence-electron chi connectivity index (χ4n) is 2.14. The van der Waals surface area contributed by atoms with Gasteiger partial charge in [-0.2, -0.15) is 0 Å². The van der Waals surface area contributed by atoms with E-state index in [1.165, 1.54) is 12.8 Å². The normalized spacial score (nSPS) is 10.2. The zero-order chi connectivity index (χ0) is 15.6. The van der Waals surface area contributed by atoms with Gasteiger partial charge in [-0.15, -0.1) is 0 Å². The number of hydrogen-bond donors (Lipinski definition) is 2. The van der Waals surface area contributed by atoms with Crippen LogP contribution < -0.4 is 10.6 Å². The molecule has 2 rings (SSSR count). The van der Waals surface area contributed by atoms with Crippen molar-refractivity contribution in [1.82, 2.24) is 10.3 Å². The van der Waals surface area contributed by atoms with E-state index in [1.807, 2.05) is 36.4 Å². The number of amides is 1. The van der Waals surface area contributed by atoms with E-state index in [0.29, 0.717) is 12.2 Å². The van der Waals surface area contributed by atoms with E-state index in [1.54, 1.807) is 12.3 Å². The van der Waals surface area contributed by atoms with Crippen molar-refractivity contribution in [3.8, 4) is 0 Å². The number of aromatic nitrogens is 1. The lowest BCUT2D eigenvalue weighted by atomic mass is 10.2. The second kappa shape index (κ2) is 8.82. The first-order chi connectivity index (χ1) is 10.8. The van der Waals surface area contributed by atoms with Crippen molar-refractivity contribution in [1.29, 1.82) is 0 Å². The Kier molecular flexibility index (Phi) is 6.42. The minimum atomic E-state index is -0.152. The van der Waals surface area contributed by atoms with Crippen molar-refractivity contribution in [3.63, 3.8) is 0 Å². The lowest BCUT2D eigenvalue weighted by Gasteiger charge is -2.08. The molecule has 0 aliphatic carbocycles. The van der Waals surface area contributed by atoms with E-state index in [0.717, 1.165) is 24.2 Å². The van der Waals surface area contributed by atoms with Crippen molar-refractivity contribution in [2.24, 2.45) is 0 Å². The number of unbranched alkanes of at least 4 members (excludes halogenated alkanes) is 2. The molecule has 0 spiro atoms. The second-order valence-electron chi connectivity index (χ2n) is 5.23. The molecule has 0 fully saturated rings. The molecule has 2 aromatic rings. The summed E-state index contributed by atoms with van der Waals surface area (Å²) in [5, 5.41) is 6.22. The molecular weight excluding hydrogens is 274 g/mol. The lowest BCUT2D eigenvalue weighted by molar-refractivity contribution is 0.0946. The first-order valence-corrected chi connectivity index (χ1v) is 7.81. The summed E-state index contributed by atoms with van der Waals surface area (Å²) >= 11 is 0. The minimum absolute atomic E-state index is 0.152. The fourth-order valence-corrected chi connectivity index (χ4v) is 2.14. The molecule has 0 radical (unpaired) electrons. The quantitative estimate of drug-likeness (QED) is 0.732. The van der Waals surface area contributed by atoms with E-state index < -0.39 is 0 Å². The minimum Gasteiger partial charge on any atom is -0.385 e. The van der Waals surface area contributed by atoms with Gasteiger partial charge >= 0.3 is 0 Å². The van der Waals surface area contributed by atoms with Gasteiger partial charge in [0.2, 0.25) is 0 Å². The van der Waals surface area contributed by atoms with E-state index in [9.17, 15) is 4.79 Å². The molecule has 1 aromatic heterocycles. The highest BCUT2D eigenvalue weighted by atomic mass is 16.1. The molecule has 4 nitrogen and oxygen atoms in total. The molecule has 0 aliphatic rings. The van der Waals surface area contributed by atoms with Crippen molar-refractivity contribution < 1.29 is 4.79 Å². The van der Waals surface area contributed by atoms with Gasteiger partial charge in [0, 0.05) is 25.0 Å². The summed E-state index contributed by atoms with van der Waals surface area (Å²) in [5.74, 6) is -0.152.